The molecule has 0 aliphatic carbocycles. The maximum atomic E-state index is 13.4. The van der Waals surface area contributed by atoms with Gasteiger partial charge in [0.05, 0.1) is 10.9 Å². The fourth-order valence-corrected chi connectivity index (χ4v) is 3.26. The van der Waals surface area contributed by atoms with E-state index in [1.807, 2.05) is 36.4 Å². The molecule has 1 atom stereocenters. The summed E-state index contributed by atoms with van der Waals surface area (Å²) in [5.41, 5.74) is 2.58. The lowest BCUT2D eigenvalue weighted by molar-refractivity contribution is 0.624. The van der Waals surface area contributed by atoms with E-state index in [4.69, 9.17) is 11.6 Å². The summed E-state index contributed by atoms with van der Waals surface area (Å²) < 4.78 is 14.2. The van der Waals surface area contributed by atoms with Crippen LogP contribution in [0.4, 0.5) is 4.39 Å². The molecular weight excluding hydrogens is 353 g/mol. The number of hydrogen-bond donors (Lipinski definition) is 0. The van der Waals surface area contributed by atoms with Crippen molar-refractivity contribution in [3.8, 4) is 0 Å². The molecule has 0 aliphatic rings. The summed E-state index contributed by atoms with van der Waals surface area (Å²) in [5.74, 6) is -0.287. The zero-order chi connectivity index (χ0) is 14.8. The van der Waals surface area contributed by atoms with Gasteiger partial charge in [-0.15, -0.1) is 11.6 Å². The lowest BCUT2D eigenvalue weighted by Gasteiger charge is -2.12. The average molecular weight is 365 g/mol. The van der Waals surface area contributed by atoms with E-state index in [9.17, 15) is 4.39 Å². The molecule has 0 N–H and O–H groups in total. The summed E-state index contributed by atoms with van der Waals surface area (Å²) in [6.45, 7) is 0. The van der Waals surface area contributed by atoms with Crippen LogP contribution in [0.2, 0.25) is 0 Å². The van der Waals surface area contributed by atoms with Crippen LogP contribution < -0.4 is 0 Å². The standard InChI is InChI=1S/C17H12BrClFN/c18-15-8-6-12(20)9-14(15)16(19)10-13-7-5-11-3-1-2-4-17(11)21-13/h1-9,16H,10H2. The highest BCUT2D eigenvalue weighted by atomic mass is 79.9. The van der Waals surface area contributed by atoms with Crippen molar-refractivity contribution in [2.24, 2.45) is 0 Å². The Hall–Kier alpha value is -1.45. The Morgan fingerprint density at radius 3 is 2.76 bits per heavy atom. The molecule has 0 aliphatic heterocycles. The maximum Gasteiger partial charge on any atom is 0.123 e. The number of hydrogen-bond acceptors (Lipinski definition) is 1. The summed E-state index contributed by atoms with van der Waals surface area (Å²) in [6.07, 6.45) is 0.550. The Morgan fingerprint density at radius 1 is 1.10 bits per heavy atom. The average Bonchev–Trinajstić information content (AvgIpc) is 2.49. The highest BCUT2D eigenvalue weighted by Crippen LogP contribution is 2.31. The van der Waals surface area contributed by atoms with Crippen molar-refractivity contribution < 1.29 is 4.39 Å². The zero-order valence-electron chi connectivity index (χ0n) is 11.1. The van der Waals surface area contributed by atoms with Crippen LogP contribution in [0.1, 0.15) is 16.6 Å². The first-order chi connectivity index (χ1) is 10.1. The molecule has 1 nitrogen and oxygen atoms in total. The van der Waals surface area contributed by atoms with E-state index in [0.717, 1.165) is 26.6 Å². The first-order valence-corrected chi connectivity index (χ1v) is 7.80. The van der Waals surface area contributed by atoms with Crippen molar-refractivity contribution in [1.29, 1.82) is 0 Å². The largest absolute Gasteiger partial charge is 0.253 e. The van der Waals surface area contributed by atoms with Gasteiger partial charge in [-0.25, -0.2) is 4.39 Å². The van der Waals surface area contributed by atoms with Crippen molar-refractivity contribution >= 4 is 38.4 Å². The van der Waals surface area contributed by atoms with Gasteiger partial charge in [-0.05, 0) is 35.9 Å². The molecule has 3 aromatic rings. The molecule has 0 bridgehead atoms. The summed E-state index contributed by atoms with van der Waals surface area (Å²) in [6, 6.07) is 16.5. The molecule has 106 valence electrons. The molecule has 0 spiro atoms. The molecule has 2 aromatic carbocycles. The van der Waals surface area contributed by atoms with Crippen molar-refractivity contribution in [1.82, 2.24) is 4.98 Å². The third-order valence-corrected chi connectivity index (χ3v) is 4.45. The Balaban J connectivity index is 1.88. The number of alkyl halides is 1. The number of fused-ring (bicyclic) bond motifs is 1. The number of benzene rings is 2. The number of halogens is 3. The van der Waals surface area contributed by atoms with Crippen molar-refractivity contribution in [3.63, 3.8) is 0 Å². The van der Waals surface area contributed by atoms with E-state index in [1.165, 1.54) is 12.1 Å². The number of rotatable bonds is 3. The number of nitrogens with zero attached hydrogens (tertiary/aromatic N) is 1. The van der Waals surface area contributed by atoms with Gasteiger partial charge in [0.25, 0.3) is 0 Å². The highest BCUT2D eigenvalue weighted by Gasteiger charge is 2.14. The van der Waals surface area contributed by atoms with E-state index >= 15 is 0 Å². The molecule has 4 heteroatoms. The van der Waals surface area contributed by atoms with Crippen molar-refractivity contribution in [3.05, 3.63) is 76.1 Å². The molecule has 0 radical (unpaired) electrons. The predicted octanol–water partition coefficient (Wildman–Crippen LogP) is 5.66. The van der Waals surface area contributed by atoms with Crippen molar-refractivity contribution in [2.45, 2.75) is 11.8 Å². The summed E-state index contributed by atoms with van der Waals surface area (Å²) in [7, 11) is 0. The Morgan fingerprint density at radius 2 is 1.90 bits per heavy atom. The van der Waals surface area contributed by atoms with E-state index in [2.05, 4.69) is 20.9 Å². The summed E-state index contributed by atoms with van der Waals surface area (Å²) in [4.78, 5) is 4.60. The molecule has 21 heavy (non-hydrogen) atoms. The third-order valence-electron chi connectivity index (χ3n) is 3.34. The predicted molar refractivity (Wildman–Crippen MR) is 88.1 cm³/mol. The van der Waals surface area contributed by atoms with Gasteiger partial charge in [0, 0.05) is 22.0 Å². The molecule has 0 fully saturated rings. The van der Waals surface area contributed by atoms with E-state index in [1.54, 1.807) is 6.07 Å². The summed E-state index contributed by atoms with van der Waals surface area (Å²) in [5, 5.41) is 0.767. The Bertz CT molecular complexity index is 791. The van der Waals surface area contributed by atoms with Gasteiger partial charge in [0.2, 0.25) is 0 Å². The van der Waals surface area contributed by atoms with Crippen LogP contribution >= 0.6 is 27.5 Å². The van der Waals surface area contributed by atoms with Gasteiger partial charge in [-0.1, -0.05) is 40.2 Å². The highest BCUT2D eigenvalue weighted by molar-refractivity contribution is 9.10. The minimum Gasteiger partial charge on any atom is -0.253 e. The molecule has 0 saturated carbocycles. The van der Waals surface area contributed by atoms with Crippen LogP contribution in [0.3, 0.4) is 0 Å². The number of para-hydroxylation sites is 1. The van der Waals surface area contributed by atoms with Crippen LogP contribution in [0.15, 0.2) is 59.1 Å². The number of pyridine rings is 1. The van der Waals surface area contributed by atoms with Gasteiger partial charge in [-0.2, -0.15) is 0 Å². The van der Waals surface area contributed by atoms with Crippen LogP contribution in [0.5, 0.6) is 0 Å². The van der Waals surface area contributed by atoms with Gasteiger partial charge in [-0.3, -0.25) is 4.98 Å². The molecule has 0 amide bonds. The lowest BCUT2D eigenvalue weighted by Crippen LogP contribution is -2.00. The lowest BCUT2D eigenvalue weighted by atomic mass is 10.1. The molecule has 3 rings (SSSR count). The smallest absolute Gasteiger partial charge is 0.123 e. The fraction of sp³-hybridized carbons (Fsp3) is 0.118. The second-order valence-corrected chi connectivity index (χ2v) is 6.21. The third kappa shape index (κ3) is 3.25. The van der Waals surface area contributed by atoms with Crippen LogP contribution in [0, 0.1) is 5.82 Å². The van der Waals surface area contributed by atoms with E-state index < -0.39 is 0 Å². The maximum absolute atomic E-state index is 13.4. The minimum absolute atomic E-state index is 0.287. The zero-order valence-corrected chi connectivity index (χ0v) is 13.4. The Labute approximate surface area is 135 Å². The second-order valence-electron chi connectivity index (χ2n) is 4.83. The van der Waals surface area contributed by atoms with Crippen LogP contribution in [0.25, 0.3) is 10.9 Å². The van der Waals surface area contributed by atoms with E-state index in [0.29, 0.717) is 6.42 Å². The first-order valence-electron chi connectivity index (χ1n) is 6.57. The SMILES string of the molecule is Fc1ccc(Br)c(C(Cl)Cc2ccc3ccccc3n2)c1. The monoisotopic (exact) mass is 363 g/mol. The molecular formula is C17H12BrClFN. The first kappa shape index (κ1) is 14.5. The minimum atomic E-state index is -0.330. The topological polar surface area (TPSA) is 12.9 Å². The van der Waals surface area contributed by atoms with Gasteiger partial charge in [0.1, 0.15) is 5.82 Å². The normalized spacial score (nSPS) is 12.5. The second kappa shape index (κ2) is 6.12. The fourth-order valence-electron chi connectivity index (χ4n) is 2.27. The quantitative estimate of drug-likeness (QED) is 0.547. The van der Waals surface area contributed by atoms with Gasteiger partial charge in [0.15, 0.2) is 0 Å². The Kier molecular flexibility index (Phi) is 4.22. The number of aromatic nitrogens is 1. The molecule has 0 saturated heterocycles. The summed E-state index contributed by atoms with van der Waals surface area (Å²) >= 11 is 9.85. The molecule has 1 unspecified atom stereocenters. The van der Waals surface area contributed by atoms with Gasteiger partial charge < -0.3 is 0 Å². The molecule has 1 heterocycles. The van der Waals surface area contributed by atoms with Crippen molar-refractivity contribution in [2.75, 3.05) is 0 Å². The van der Waals surface area contributed by atoms with Crippen LogP contribution in [-0.2, 0) is 6.42 Å². The van der Waals surface area contributed by atoms with Crippen LogP contribution in [-0.4, -0.2) is 4.98 Å². The molecule has 1 aromatic heterocycles. The van der Waals surface area contributed by atoms with E-state index in [-0.39, 0.29) is 11.2 Å². The van der Waals surface area contributed by atoms with Gasteiger partial charge >= 0.3 is 0 Å².